The third-order valence-electron chi connectivity index (χ3n) is 3.09. The second-order valence-electron chi connectivity index (χ2n) is 5.00. The number of rotatable bonds is 4. The fourth-order valence-electron chi connectivity index (χ4n) is 1.89. The monoisotopic (exact) mass is 356 g/mol. The normalized spacial score (nSPS) is 10.4. The largest absolute Gasteiger partial charge is 0.381 e. The predicted octanol–water partition coefficient (Wildman–Crippen LogP) is 4.96. The van der Waals surface area contributed by atoms with Crippen LogP contribution in [0.25, 0.3) is 0 Å². The summed E-state index contributed by atoms with van der Waals surface area (Å²) in [7, 11) is 3.38. The third kappa shape index (κ3) is 4.07. The van der Waals surface area contributed by atoms with Gasteiger partial charge in [0.2, 0.25) is 0 Å². The summed E-state index contributed by atoms with van der Waals surface area (Å²) in [6.45, 7) is 0.578. The van der Waals surface area contributed by atoms with E-state index in [0.717, 1.165) is 11.3 Å². The van der Waals surface area contributed by atoms with Gasteiger partial charge >= 0.3 is 0 Å². The van der Waals surface area contributed by atoms with Crippen molar-refractivity contribution in [1.29, 1.82) is 0 Å². The average molecular weight is 358 g/mol. The number of hydrogen-bond donors (Lipinski definition) is 1. The summed E-state index contributed by atoms with van der Waals surface area (Å²) in [5.41, 5.74) is 2.30. The Bertz CT molecular complexity index is 702. The van der Waals surface area contributed by atoms with Gasteiger partial charge in [0.1, 0.15) is 0 Å². The SMILES string of the molecule is CN(C)C(=O)c1ccc(NCc2ccc(Cl)c(Cl)c2)cc1Cl. The topological polar surface area (TPSA) is 32.3 Å². The molecule has 2 aromatic carbocycles. The highest BCUT2D eigenvalue weighted by Crippen LogP contribution is 2.25. The van der Waals surface area contributed by atoms with Gasteiger partial charge in [-0.2, -0.15) is 0 Å². The lowest BCUT2D eigenvalue weighted by molar-refractivity contribution is 0.0828. The minimum atomic E-state index is -0.124. The van der Waals surface area contributed by atoms with Gasteiger partial charge in [0.15, 0.2) is 0 Å². The summed E-state index contributed by atoms with van der Waals surface area (Å²) < 4.78 is 0. The number of halogens is 3. The second kappa shape index (κ2) is 7.23. The van der Waals surface area contributed by atoms with E-state index >= 15 is 0 Å². The minimum Gasteiger partial charge on any atom is -0.381 e. The van der Waals surface area contributed by atoms with E-state index in [0.29, 0.717) is 27.2 Å². The van der Waals surface area contributed by atoms with E-state index in [2.05, 4.69) is 5.32 Å². The predicted molar refractivity (Wildman–Crippen MR) is 93.3 cm³/mol. The number of carbonyl (C=O) groups excluding carboxylic acids is 1. The molecule has 0 atom stereocenters. The summed E-state index contributed by atoms with van der Waals surface area (Å²) in [4.78, 5) is 13.4. The van der Waals surface area contributed by atoms with Crippen LogP contribution < -0.4 is 5.32 Å². The maximum absolute atomic E-state index is 11.9. The Morgan fingerprint density at radius 3 is 2.32 bits per heavy atom. The zero-order valence-corrected chi connectivity index (χ0v) is 14.4. The molecule has 116 valence electrons. The molecule has 0 aromatic heterocycles. The Morgan fingerprint density at radius 2 is 1.73 bits per heavy atom. The fraction of sp³-hybridized carbons (Fsp3) is 0.188. The van der Waals surface area contributed by atoms with Gasteiger partial charge in [-0.25, -0.2) is 0 Å². The zero-order chi connectivity index (χ0) is 16.3. The molecule has 1 N–H and O–H groups in total. The number of nitrogens with zero attached hydrogens (tertiary/aromatic N) is 1. The lowest BCUT2D eigenvalue weighted by Crippen LogP contribution is -2.22. The molecule has 0 spiro atoms. The van der Waals surface area contributed by atoms with Gasteiger partial charge in [-0.05, 0) is 35.9 Å². The molecule has 22 heavy (non-hydrogen) atoms. The van der Waals surface area contributed by atoms with E-state index in [9.17, 15) is 4.79 Å². The van der Waals surface area contributed by atoms with Crippen LogP contribution in [0.3, 0.4) is 0 Å². The Balaban J connectivity index is 2.09. The van der Waals surface area contributed by atoms with Gasteiger partial charge < -0.3 is 10.2 Å². The molecule has 0 saturated carbocycles. The van der Waals surface area contributed by atoms with Crippen LogP contribution in [0.1, 0.15) is 15.9 Å². The van der Waals surface area contributed by atoms with Crippen molar-refractivity contribution in [2.75, 3.05) is 19.4 Å². The molecule has 0 aliphatic carbocycles. The van der Waals surface area contributed by atoms with Crippen LogP contribution in [-0.2, 0) is 6.54 Å². The third-order valence-corrected chi connectivity index (χ3v) is 4.14. The first-order valence-corrected chi connectivity index (χ1v) is 7.71. The van der Waals surface area contributed by atoms with Gasteiger partial charge in [0, 0.05) is 26.3 Å². The van der Waals surface area contributed by atoms with Gasteiger partial charge in [-0.1, -0.05) is 40.9 Å². The number of anilines is 1. The van der Waals surface area contributed by atoms with Crippen LogP contribution in [-0.4, -0.2) is 24.9 Å². The van der Waals surface area contributed by atoms with E-state index in [1.807, 2.05) is 18.2 Å². The smallest absolute Gasteiger partial charge is 0.254 e. The molecule has 0 aliphatic heterocycles. The van der Waals surface area contributed by atoms with Gasteiger partial charge in [0.05, 0.1) is 20.6 Å². The first-order chi connectivity index (χ1) is 10.4. The number of nitrogens with one attached hydrogen (secondary N) is 1. The molecule has 0 aliphatic rings. The van der Waals surface area contributed by atoms with E-state index in [1.165, 1.54) is 4.90 Å². The van der Waals surface area contributed by atoms with Crippen LogP contribution >= 0.6 is 34.8 Å². The fourth-order valence-corrected chi connectivity index (χ4v) is 2.48. The minimum absolute atomic E-state index is 0.124. The first-order valence-electron chi connectivity index (χ1n) is 6.57. The summed E-state index contributed by atoms with van der Waals surface area (Å²) in [6, 6.07) is 10.7. The summed E-state index contributed by atoms with van der Waals surface area (Å²) >= 11 is 18.0. The standard InChI is InChI=1S/C16H15Cl3N2O/c1-21(2)16(22)12-5-4-11(8-14(12)18)20-9-10-3-6-13(17)15(19)7-10/h3-8,20H,9H2,1-2H3. The molecule has 0 unspecified atom stereocenters. The maximum Gasteiger partial charge on any atom is 0.254 e. The van der Waals surface area contributed by atoms with Crippen LogP contribution in [0.4, 0.5) is 5.69 Å². The van der Waals surface area contributed by atoms with Crippen molar-refractivity contribution in [2.45, 2.75) is 6.54 Å². The summed E-state index contributed by atoms with van der Waals surface area (Å²) in [5.74, 6) is -0.124. The molecule has 1 amide bonds. The molecule has 0 heterocycles. The Labute approximate surface area is 144 Å². The lowest BCUT2D eigenvalue weighted by atomic mass is 10.1. The van der Waals surface area contributed by atoms with Crippen molar-refractivity contribution in [3.8, 4) is 0 Å². The van der Waals surface area contributed by atoms with Crippen molar-refractivity contribution in [3.63, 3.8) is 0 Å². The van der Waals surface area contributed by atoms with Crippen molar-refractivity contribution < 1.29 is 4.79 Å². The van der Waals surface area contributed by atoms with Crippen LogP contribution in [0.2, 0.25) is 15.1 Å². The molecule has 6 heteroatoms. The molecular formula is C16H15Cl3N2O. The highest BCUT2D eigenvalue weighted by molar-refractivity contribution is 6.42. The van der Waals surface area contributed by atoms with Crippen molar-refractivity contribution in [3.05, 3.63) is 62.6 Å². The van der Waals surface area contributed by atoms with Crippen LogP contribution in [0, 0.1) is 0 Å². The molecule has 2 rings (SSSR count). The van der Waals surface area contributed by atoms with E-state index in [-0.39, 0.29) is 5.91 Å². The molecule has 3 nitrogen and oxygen atoms in total. The first kappa shape index (κ1) is 16.9. The van der Waals surface area contributed by atoms with Gasteiger partial charge in [-0.15, -0.1) is 0 Å². The van der Waals surface area contributed by atoms with Gasteiger partial charge in [0.25, 0.3) is 5.91 Å². The lowest BCUT2D eigenvalue weighted by Gasteiger charge is -2.13. The van der Waals surface area contributed by atoms with Crippen molar-refractivity contribution in [1.82, 2.24) is 4.90 Å². The van der Waals surface area contributed by atoms with Crippen LogP contribution in [0.5, 0.6) is 0 Å². The maximum atomic E-state index is 11.9. The quantitative estimate of drug-likeness (QED) is 0.838. The van der Waals surface area contributed by atoms with Crippen molar-refractivity contribution in [2.24, 2.45) is 0 Å². The Kier molecular flexibility index (Phi) is 5.57. The highest BCUT2D eigenvalue weighted by Gasteiger charge is 2.12. The Hall–Kier alpha value is -1.42. The zero-order valence-electron chi connectivity index (χ0n) is 12.2. The number of benzene rings is 2. The number of carbonyl (C=O) groups is 1. The summed E-state index contributed by atoms with van der Waals surface area (Å²) in [6.07, 6.45) is 0. The highest BCUT2D eigenvalue weighted by atomic mass is 35.5. The van der Waals surface area contributed by atoms with E-state index in [4.69, 9.17) is 34.8 Å². The molecular weight excluding hydrogens is 343 g/mol. The molecule has 0 saturated heterocycles. The van der Waals surface area contributed by atoms with Crippen LogP contribution in [0.15, 0.2) is 36.4 Å². The van der Waals surface area contributed by atoms with Crippen molar-refractivity contribution >= 4 is 46.4 Å². The molecule has 0 radical (unpaired) electrons. The van der Waals surface area contributed by atoms with E-state index in [1.54, 1.807) is 32.3 Å². The average Bonchev–Trinajstić information content (AvgIpc) is 2.48. The van der Waals surface area contributed by atoms with Gasteiger partial charge in [-0.3, -0.25) is 4.79 Å². The number of amides is 1. The summed E-state index contributed by atoms with van der Waals surface area (Å²) in [5, 5.41) is 4.69. The van der Waals surface area contributed by atoms with E-state index < -0.39 is 0 Å². The number of hydrogen-bond acceptors (Lipinski definition) is 2. The molecule has 2 aromatic rings. The Morgan fingerprint density at radius 1 is 1.00 bits per heavy atom. The second-order valence-corrected chi connectivity index (χ2v) is 6.22. The molecule has 0 fully saturated rings. The molecule has 0 bridgehead atoms.